The Bertz CT molecular complexity index is 4080. The number of rotatable bonds is 14. The molecule has 0 saturated heterocycles. The number of carbonyl (C=O) groups is 9. The number of allylic oxidation sites excluding steroid dienone is 1. The standard InChI is InChI=1S/C8H8F2N2O2.C7H10N2O2.C6H5N3O2.C6H8N2O3.C6H8N2O2S.C6H8N2O2.C5H5BrN2O2.C5H5ClN2O2.C5H5IN2O2/c1-2-3-12-4-5(8(13)14)6(11-12)7(9)10;1-4-6(7(10)11)5(2)9(3)8-4;1-9-3-4(6(10)11)5(2-7)8-9;2*1-8-3-4(6(9)10)5(7-8)11-2;1-4-5(6(9)10)3-8(2)7-4;3*1-8-2-3(5(9)10)4(6)7-8/h2,4,7H,1,3H2,(H,13,14);1-3H3,(H,10,11);3H,1H3,(H,10,11);2*3H,1-2H3,(H,9,10);3H,1-2H3,(H,9,10);3*2H,1H3,(H,9,10). The quantitative estimate of drug-likeness (QED) is 0.0332. The van der Waals surface area contributed by atoms with Gasteiger partial charge in [0.25, 0.3) is 6.43 Å². The number of hydrogen-bond donors (Lipinski definition) is 9. The third kappa shape index (κ3) is 26.6. The summed E-state index contributed by atoms with van der Waals surface area (Å²) >= 11 is 11.6. The van der Waals surface area contributed by atoms with Crippen LogP contribution in [-0.2, 0) is 62.9 Å². The number of nitrogens with zero attached hydrogens (tertiary/aromatic N) is 19. The van der Waals surface area contributed by atoms with E-state index in [9.17, 15) is 51.9 Å². The molecule has 0 saturated carbocycles. The molecule has 9 rings (SSSR count). The molecule has 0 atom stereocenters. The minimum absolute atomic E-state index is 0.0231. The van der Waals surface area contributed by atoms with Crippen LogP contribution in [0, 0.1) is 35.8 Å². The van der Waals surface area contributed by atoms with E-state index >= 15 is 0 Å². The lowest BCUT2D eigenvalue weighted by atomic mass is 10.2. The van der Waals surface area contributed by atoms with Crippen molar-refractivity contribution in [1.82, 2.24) is 88.0 Å². The predicted octanol–water partition coefficient (Wildman–Crippen LogP) is 6.20. The van der Waals surface area contributed by atoms with E-state index in [0.29, 0.717) is 36.0 Å². The van der Waals surface area contributed by atoms with E-state index in [1.54, 1.807) is 94.2 Å². The van der Waals surface area contributed by atoms with Crippen LogP contribution >= 0.6 is 61.9 Å². The number of aryl methyl sites for hydroxylation is 10. The Morgan fingerprint density at radius 1 is 0.561 bits per heavy atom. The summed E-state index contributed by atoms with van der Waals surface area (Å²) in [6.45, 7) is 8.69. The highest BCUT2D eigenvalue weighted by molar-refractivity contribution is 14.1. The van der Waals surface area contributed by atoms with Gasteiger partial charge in [0.2, 0.25) is 5.88 Å². The second-order valence-corrected chi connectivity index (χ2v) is 21.5. The normalized spacial score (nSPS) is 9.86. The lowest BCUT2D eigenvalue weighted by Crippen LogP contribution is -2.00. The summed E-state index contributed by atoms with van der Waals surface area (Å²) in [6.07, 6.45) is 11.3. The van der Waals surface area contributed by atoms with Crippen molar-refractivity contribution in [2.45, 2.75) is 38.8 Å². The number of alkyl halides is 2. The predicted molar refractivity (Wildman–Crippen MR) is 348 cm³/mol. The Labute approximate surface area is 583 Å². The maximum atomic E-state index is 12.3. The van der Waals surface area contributed by atoms with E-state index in [0.717, 1.165) is 10.9 Å². The van der Waals surface area contributed by atoms with Crippen molar-refractivity contribution in [2.24, 2.45) is 56.4 Å². The zero-order chi connectivity index (χ0) is 75.5. The molecule has 0 radical (unpaired) electrons. The summed E-state index contributed by atoms with van der Waals surface area (Å²) in [5.41, 5.74) is 1.90. The molecule has 9 N–H and O–H groups in total. The summed E-state index contributed by atoms with van der Waals surface area (Å²) in [5.74, 6) is -9.16. The maximum absolute atomic E-state index is 12.3. The molecule has 0 unspecified atom stereocenters. The molecular formula is C54H62BrClF2IN19O19S. The van der Waals surface area contributed by atoms with E-state index in [1.807, 2.05) is 22.6 Å². The van der Waals surface area contributed by atoms with Crippen LogP contribution < -0.4 is 4.74 Å². The molecular weight excluding hydrogens is 1530 g/mol. The van der Waals surface area contributed by atoms with Gasteiger partial charge in [0, 0.05) is 112 Å². The first-order valence-electron chi connectivity index (χ1n) is 26.2. The summed E-state index contributed by atoms with van der Waals surface area (Å²) in [6, 6.07) is 1.68. The second kappa shape index (κ2) is 39.7. The van der Waals surface area contributed by atoms with Crippen molar-refractivity contribution in [1.29, 1.82) is 5.26 Å². The van der Waals surface area contributed by atoms with Gasteiger partial charge < -0.3 is 50.7 Å². The molecule has 9 heterocycles. The summed E-state index contributed by atoms with van der Waals surface area (Å²) in [4.78, 5) is 93.9. The first kappa shape index (κ1) is 84.9. The van der Waals surface area contributed by atoms with Gasteiger partial charge in [-0.3, -0.25) is 42.1 Å². The van der Waals surface area contributed by atoms with Gasteiger partial charge in [0.05, 0.1) is 25.0 Å². The minimum atomic E-state index is -2.88. The average molecular weight is 1590 g/mol. The largest absolute Gasteiger partial charge is 0.479 e. The molecule has 0 fully saturated rings. The molecule has 0 bridgehead atoms. The van der Waals surface area contributed by atoms with Crippen molar-refractivity contribution in [3.8, 4) is 11.9 Å². The molecule has 0 aromatic carbocycles. The van der Waals surface area contributed by atoms with Crippen LogP contribution in [-0.4, -0.2) is 201 Å². The van der Waals surface area contributed by atoms with Gasteiger partial charge in [-0.25, -0.2) is 51.9 Å². The highest BCUT2D eigenvalue weighted by Crippen LogP contribution is 2.22. The van der Waals surface area contributed by atoms with Crippen LogP contribution in [0.1, 0.15) is 128 Å². The Kier molecular flexibility index (Phi) is 34.3. The van der Waals surface area contributed by atoms with Crippen molar-refractivity contribution in [2.75, 3.05) is 13.4 Å². The van der Waals surface area contributed by atoms with Gasteiger partial charge in [-0.2, -0.15) is 46.1 Å². The number of carboxylic acid groups (broad SMARTS) is 9. The van der Waals surface area contributed by atoms with Gasteiger partial charge in [-0.1, -0.05) is 17.7 Å². The zero-order valence-electron chi connectivity index (χ0n) is 53.6. The first-order chi connectivity index (χ1) is 45.5. The first-order valence-corrected chi connectivity index (χ1v) is 29.7. The number of ether oxygens (including phenoxy) is 1. The van der Waals surface area contributed by atoms with Crippen LogP contribution in [0.3, 0.4) is 0 Å². The maximum Gasteiger partial charge on any atom is 0.342 e. The fourth-order valence-electron chi connectivity index (χ4n) is 6.95. The fraction of sp³-hybridized carbons (Fsp3) is 0.278. The number of nitriles is 1. The van der Waals surface area contributed by atoms with Gasteiger partial charge >= 0.3 is 53.7 Å². The third-order valence-corrected chi connectivity index (χ3v) is 13.5. The van der Waals surface area contributed by atoms with Crippen LogP contribution in [0.25, 0.3) is 0 Å². The third-order valence-electron chi connectivity index (χ3n) is 11.2. The minimum Gasteiger partial charge on any atom is -0.479 e. The molecule has 38 nitrogen and oxygen atoms in total. The van der Waals surface area contributed by atoms with Gasteiger partial charge in [0.15, 0.2) is 10.8 Å². The molecule has 0 amide bonds. The summed E-state index contributed by atoms with van der Waals surface area (Å²) < 4.78 is 42.8. The lowest BCUT2D eigenvalue weighted by molar-refractivity contribution is 0.0675. The van der Waals surface area contributed by atoms with E-state index in [4.69, 9.17) is 67.6 Å². The van der Waals surface area contributed by atoms with E-state index in [1.165, 1.54) is 101 Å². The molecule has 528 valence electrons. The smallest absolute Gasteiger partial charge is 0.342 e. The summed E-state index contributed by atoms with van der Waals surface area (Å²) in [7, 11) is 14.7. The number of thioether (sulfide) groups is 1. The van der Waals surface area contributed by atoms with Gasteiger partial charge in [-0.05, 0) is 65.5 Å². The number of aromatic nitrogens is 18. The van der Waals surface area contributed by atoms with Crippen molar-refractivity contribution in [3.05, 3.63) is 154 Å². The Morgan fingerprint density at radius 3 is 1.26 bits per heavy atom. The van der Waals surface area contributed by atoms with Crippen molar-refractivity contribution in [3.63, 3.8) is 0 Å². The number of halogens is 5. The van der Waals surface area contributed by atoms with Crippen molar-refractivity contribution >= 4 is 116 Å². The number of aromatic carboxylic acids is 9. The molecule has 0 aliphatic rings. The van der Waals surface area contributed by atoms with Crippen LogP contribution in [0.2, 0.25) is 5.15 Å². The Morgan fingerprint density at radius 2 is 0.980 bits per heavy atom. The number of hydrogen-bond acceptors (Lipinski definition) is 21. The number of methoxy groups -OCH3 is 1. The topological polar surface area (TPSA) is 529 Å². The van der Waals surface area contributed by atoms with Crippen LogP contribution in [0.15, 0.2) is 71.9 Å². The van der Waals surface area contributed by atoms with E-state index in [-0.39, 0.29) is 62.2 Å². The molecule has 0 aliphatic carbocycles. The van der Waals surface area contributed by atoms with Crippen LogP contribution in [0.4, 0.5) is 8.78 Å². The summed E-state index contributed by atoms with van der Waals surface area (Å²) in [5, 5.41) is 120. The lowest BCUT2D eigenvalue weighted by Gasteiger charge is -1.94. The molecule has 9 aromatic heterocycles. The van der Waals surface area contributed by atoms with Crippen molar-refractivity contribution < 1.29 is 103 Å². The van der Waals surface area contributed by atoms with Gasteiger partial charge in [-0.15, -0.1) is 23.4 Å². The van der Waals surface area contributed by atoms with Gasteiger partial charge in [0.1, 0.15) is 75.2 Å². The monoisotopic (exact) mass is 1590 g/mol. The fourth-order valence-corrected chi connectivity index (χ4v) is 9.01. The highest BCUT2D eigenvalue weighted by Gasteiger charge is 2.23. The Balaban J connectivity index is 0.000000552. The SMILES string of the molecule is C=CCn1cc(C(=O)O)c(C(F)F)n1.COc1nn(C)cc1C(=O)O.CSc1nn(C)cc1C(=O)O.Cc1nn(C)c(C)c1C(=O)O.Cc1nn(C)cc1C(=O)O.Cn1cc(C(=O)O)c(Br)n1.Cn1cc(C(=O)O)c(C#N)n1.Cn1cc(C(=O)O)c(Cl)n1.Cn1cc(C(=O)O)c(I)n1. The average Bonchev–Trinajstić information content (AvgIpc) is 1.71. The zero-order valence-corrected chi connectivity index (χ0v) is 58.9. The highest BCUT2D eigenvalue weighted by atomic mass is 127. The molecule has 0 aliphatic heterocycles. The Hall–Kier alpha value is -11.1. The van der Waals surface area contributed by atoms with E-state index < -0.39 is 71.4 Å². The van der Waals surface area contributed by atoms with E-state index in [2.05, 4.69) is 68.4 Å². The van der Waals surface area contributed by atoms with Crippen LogP contribution in [0.5, 0.6) is 5.88 Å². The number of carboxylic acids is 9. The molecule has 0 spiro atoms. The molecule has 9 aromatic rings. The molecule has 44 heteroatoms. The molecule has 98 heavy (non-hydrogen) atoms. The second-order valence-electron chi connectivity index (χ2n) is 18.6.